The molecule has 0 spiro atoms. The molecular weight excluding hydrogens is 892 g/mol. The van der Waals surface area contributed by atoms with Gasteiger partial charge in [0.1, 0.15) is 0 Å². The molecule has 13 heteroatoms. The van der Waals surface area contributed by atoms with Crippen molar-refractivity contribution in [2.45, 2.75) is 6.42 Å². The molecule has 0 amide bonds. The normalized spacial score (nSPS) is 9.48. The van der Waals surface area contributed by atoms with Crippen molar-refractivity contribution in [3.8, 4) is 0 Å². The summed E-state index contributed by atoms with van der Waals surface area (Å²) in [4.78, 5) is 43.5. The van der Waals surface area contributed by atoms with Gasteiger partial charge in [-0.1, -0.05) is 149 Å². The second-order valence-corrected chi connectivity index (χ2v) is 11.9. The Morgan fingerprint density at radius 2 is 1.02 bits per heavy atom. The van der Waals surface area contributed by atoms with Gasteiger partial charge in [0.15, 0.2) is 5.78 Å². The van der Waals surface area contributed by atoms with Gasteiger partial charge in [0, 0.05) is 27.1 Å². The van der Waals surface area contributed by atoms with E-state index < -0.39 is 11.2 Å². The predicted octanol–water partition coefficient (Wildman–Crippen LogP) is 3.11. The minimum absolute atomic E-state index is 0. The van der Waals surface area contributed by atoms with Crippen LogP contribution in [0.15, 0.2) is 167 Å². The third kappa shape index (κ3) is 29.2. The zero-order valence-electron chi connectivity index (χ0n) is 30.6. The number of carboxylic acid groups (broad SMARTS) is 1. The Morgan fingerprint density at radius 1 is 0.648 bits per heavy atom. The number of nitrogen functional groups attached to an aromatic ring is 1. The number of hydrogen-bond acceptors (Lipinski definition) is 7. The molecule has 0 aliphatic carbocycles. The van der Waals surface area contributed by atoms with Crippen LogP contribution < -0.4 is 114 Å². The van der Waals surface area contributed by atoms with Gasteiger partial charge in [0.2, 0.25) is 5.24 Å². The Labute approximate surface area is 424 Å². The summed E-state index contributed by atoms with van der Waals surface area (Å²) in [6, 6.07) is 44.0. The number of para-hydroxylation sites is 1. The number of ketones is 1. The van der Waals surface area contributed by atoms with Gasteiger partial charge in [-0.3, -0.25) is 14.4 Å². The molecule has 3 N–H and O–H groups in total. The predicted molar refractivity (Wildman–Crippen MR) is 215 cm³/mol. The average Bonchev–Trinajstić information content (AvgIpc) is 3.16. The van der Waals surface area contributed by atoms with Crippen molar-refractivity contribution in [1.29, 1.82) is 0 Å². The van der Waals surface area contributed by atoms with Crippen molar-refractivity contribution in [2.24, 2.45) is 0 Å². The fourth-order valence-corrected chi connectivity index (χ4v) is 4.35. The van der Waals surface area contributed by atoms with E-state index in [1.54, 1.807) is 18.2 Å². The number of carboxylic acids is 1. The Hall–Kier alpha value is -2.12. The van der Waals surface area contributed by atoms with Gasteiger partial charge in [-0.05, 0) is 86.2 Å². The van der Waals surface area contributed by atoms with Crippen molar-refractivity contribution < 1.29 is 139 Å². The molecule has 0 saturated carbocycles. The van der Waals surface area contributed by atoms with Gasteiger partial charge >= 0.3 is 109 Å². The zero-order valence-corrected chi connectivity index (χ0v) is 39.8. The number of anilines is 1. The summed E-state index contributed by atoms with van der Waals surface area (Å²) in [7, 11) is 0. The average molecular weight is 928 g/mol. The summed E-state index contributed by atoms with van der Waals surface area (Å²) in [6.07, 6.45) is 9.59. The van der Waals surface area contributed by atoms with Gasteiger partial charge in [0.25, 0.3) is 6.47 Å². The van der Waals surface area contributed by atoms with Crippen LogP contribution in [0.1, 0.15) is 23.7 Å². The van der Waals surface area contributed by atoms with Crippen molar-refractivity contribution in [3.05, 3.63) is 189 Å². The van der Waals surface area contributed by atoms with Gasteiger partial charge in [0.05, 0.1) is 0 Å². The minimum Gasteiger partial charge on any atom is -1.00 e. The van der Waals surface area contributed by atoms with Gasteiger partial charge in [-0.15, -0.1) is 0 Å². The van der Waals surface area contributed by atoms with Crippen LogP contribution in [0.5, 0.6) is 0 Å². The molecule has 0 aliphatic rings. The summed E-state index contributed by atoms with van der Waals surface area (Å²) in [5, 5.41) is 16.3. The molecule has 0 aliphatic heterocycles. The summed E-state index contributed by atoms with van der Waals surface area (Å²) < 4.78 is 1.94. The van der Waals surface area contributed by atoms with Crippen LogP contribution in [0, 0.1) is 0 Å². The number of rotatable bonds is 9. The third-order valence-electron chi connectivity index (χ3n) is 5.95. The Kier molecular flexibility index (Phi) is 35.3. The molecule has 0 atom stereocenters. The number of nitrogens with two attached hydrogens (primary N) is 1. The van der Waals surface area contributed by atoms with E-state index in [9.17, 15) is 14.4 Å². The number of benzene rings is 5. The smallest absolute Gasteiger partial charge is 1.00 e. The first-order valence-corrected chi connectivity index (χ1v) is 17.1. The molecule has 0 fully saturated rings. The molecule has 8 nitrogen and oxygen atoms in total. The summed E-state index contributed by atoms with van der Waals surface area (Å²) in [5.74, 6) is -0.820. The Balaban J connectivity index is -0.000000646. The maximum Gasteiger partial charge on any atom is 1.00 e. The zero-order chi connectivity index (χ0) is 38.4. The van der Waals surface area contributed by atoms with E-state index in [-0.39, 0.29) is 116 Å². The van der Waals surface area contributed by atoms with E-state index in [0.717, 1.165) is 43.0 Å². The van der Waals surface area contributed by atoms with E-state index >= 15 is 0 Å². The molecular formula is C41H36Br2ClK2NO7. The fourth-order valence-electron chi connectivity index (χ4n) is 3.57. The number of carbonyl (C=O) groups excluding carboxylic acids is 3. The molecule has 0 saturated heterocycles. The molecule has 270 valence electrons. The first-order valence-electron chi connectivity index (χ1n) is 15.2. The topological polar surface area (TPSA) is 147 Å². The molecule has 54 heavy (non-hydrogen) atoms. The number of hydrogen-bond donors (Lipinski definition) is 2. The van der Waals surface area contributed by atoms with Crippen LogP contribution in [0.25, 0.3) is 18.2 Å². The molecule has 5 rings (SSSR count). The largest absolute Gasteiger partial charge is 1.00 e. The fraction of sp³-hybridized carbons (Fsp3) is 0.0244. The molecule has 0 bridgehead atoms. The monoisotopic (exact) mass is 925 g/mol. The van der Waals surface area contributed by atoms with E-state index in [1.807, 2.05) is 146 Å². The number of carbonyl (C=O) groups is 4. The Morgan fingerprint density at radius 3 is 1.37 bits per heavy atom. The van der Waals surface area contributed by atoms with Gasteiger partial charge < -0.3 is 22.4 Å². The van der Waals surface area contributed by atoms with Gasteiger partial charge in [-0.25, -0.2) is 4.79 Å². The quantitative estimate of drug-likeness (QED) is 0.0437. The molecule has 5 aromatic carbocycles. The summed E-state index contributed by atoms with van der Waals surface area (Å²) >= 11 is 11.8. The molecule has 0 aromatic heterocycles. The molecule has 0 radical (unpaired) electrons. The second-order valence-electron chi connectivity index (χ2n) is 9.82. The van der Waals surface area contributed by atoms with Crippen LogP contribution in [0.2, 0.25) is 0 Å². The SMILES string of the molecule is Nc1ccccc1Br.O=C(/C=C/c1ccccc1)Cc1ccccc1Br.O=C(Cl)/C=C/c1ccccc1.O=C(O)/C=C/c1ccccc1.O=CO[O-].[H-].[K+].[K+]. The van der Waals surface area contributed by atoms with E-state index in [4.69, 9.17) is 32.5 Å². The minimum atomic E-state index is -0.922. The maximum absolute atomic E-state index is 11.8. The summed E-state index contributed by atoms with van der Waals surface area (Å²) in [6.45, 7) is -0.181. The first-order chi connectivity index (χ1) is 25.0. The summed E-state index contributed by atoms with van der Waals surface area (Å²) in [5.41, 5.74) is 10.2. The number of allylic oxidation sites excluding steroid dienone is 2. The molecule has 0 heterocycles. The van der Waals surface area contributed by atoms with Crippen LogP contribution in [0.4, 0.5) is 5.69 Å². The second kappa shape index (κ2) is 35.3. The van der Waals surface area contributed by atoms with Crippen LogP contribution in [-0.2, 0) is 30.5 Å². The van der Waals surface area contributed by atoms with E-state index in [2.05, 4.69) is 36.7 Å². The number of aliphatic carboxylic acids is 1. The molecule has 0 unspecified atom stereocenters. The van der Waals surface area contributed by atoms with Crippen molar-refractivity contribution in [1.82, 2.24) is 0 Å². The van der Waals surface area contributed by atoms with Crippen LogP contribution >= 0.6 is 43.5 Å². The Bertz CT molecular complexity index is 1810. The van der Waals surface area contributed by atoms with E-state index in [1.165, 1.54) is 6.08 Å². The van der Waals surface area contributed by atoms with Crippen molar-refractivity contribution >= 4 is 90.8 Å². The van der Waals surface area contributed by atoms with E-state index in [0.29, 0.717) is 6.42 Å². The molecule has 5 aromatic rings. The first kappa shape index (κ1) is 54.0. The van der Waals surface area contributed by atoms with Crippen molar-refractivity contribution in [3.63, 3.8) is 0 Å². The number of halogens is 3. The van der Waals surface area contributed by atoms with Gasteiger partial charge in [-0.2, -0.15) is 0 Å². The van der Waals surface area contributed by atoms with Crippen LogP contribution in [-0.4, -0.2) is 28.6 Å². The maximum atomic E-state index is 11.8. The standard InChI is InChI=1S/C16H13BrO.C9H7ClO.C9H8O2.C6H6BrN.CH2O3.2K.H/c17-16-9-5-4-8-14(16)12-15(18)11-10-13-6-2-1-3-7-13;2*10-9(11)7-6-8-4-2-1-3-5-8;7-5-3-1-2-4-6(5)8;2-1-4-3;;;/h1-11H,12H2;1-7H;1-7H,(H,10,11);1-4H,8H2;1,3H;;;/q;;;;;2*+1;-1/p-1/b11-10+;2*7-6+;;;;;. The van der Waals surface area contributed by atoms with Crippen molar-refractivity contribution in [2.75, 3.05) is 5.73 Å². The van der Waals surface area contributed by atoms with Crippen LogP contribution in [0.3, 0.4) is 0 Å². The third-order valence-corrected chi connectivity index (χ3v) is 7.57.